The van der Waals surface area contributed by atoms with E-state index in [4.69, 9.17) is 11.6 Å². The Morgan fingerprint density at radius 1 is 1.62 bits per heavy atom. The van der Waals surface area contributed by atoms with Crippen molar-refractivity contribution in [1.29, 1.82) is 0 Å². The zero-order chi connectivity index (χ0) is 9.84. The van der Waals surface area contributed by atoms with Crippen LogP contribution in [0.25, 0.3) is 0 Å². The molecular formula is C9H10ClNO2. The molecule has 0 bridgehead atoms. The highest BCUT2D eigenvalue weighted by atomic mass is 35.5. The highest BCUT2D eigenvalue weighted by molar-refractivity contribution is 6.29. The van der Waals surface area contributed by atoms with Crippen molar-refractivity contribution in [2.75, 3.05) is 11.2 Å². The zero-order valence-electron chi connectivity index (χ0n) is 7.17. The van der Waals surface area contributed by atoms with Gasteiger partial charge in [0.25, 0.3) is 0 Å². The summed E-state index contributed by atoms with van der Waals surface area (Å²) in [4.78, 5) is 10.9. The topological polar surface area (TPSA) is 49.3 Å². The molecule has 1 amide bonds. The van der Waals surface area contributed by atoms with E-state index in [2.05, 4.69) is 5.32 Å². The van der Waals surface area contributed by atoms with Crippen LogP contribution in [0.2, 0.25) is 0 Å². The van der Waals surface area contributed by atoms with Gasteiger partial charge in [-0.3, -0.25) is 4.79 Å². The summed E-state index contributed by atoms with van der Waals surface area (Å²) >= 11 is 5.31. The van der Waals surface area contributed by atoms with E-state index in [1.807, 2.05) is 0 Å². The molecule has 0 aliphatic rings. The Balaban J connectivity index is 2.93. The van der Waals surface area contributed by atoms with E-state index in [1.165, 1.54) is 6.07 Å². The van der Waals surface area contributed by atoms with Gasteiger partial charge < -0.3 is 10.4 Å². The van der Waals surface area contributed by atoms with Crippen molar-refractivity contribution in [3.05, 3.63) is 23.8 Å². The minimum atomic E-state index is -0.328. The fourth-order valence-electron chi connectivity index (χ4n) is 0.988. The quantitative estimate of drug-likeness (QED) is 0.565. The molecule has 0 atom stereocenters. The predicted octanol–water partition coefficient (Wildman–Crippen LogP) is 1.88. The number of phenolic OH excluding ortho intramolecular Hbond substituents is 1. The summed E-state index contributed by atoms with van der Waals surface area (Å²) in [5, 5.41) is 11.9. The SMILES string of the molecule is Cc1cccc(O)c1NC(=O)CCl. The van der Waals surface area contributed by atoms with Crippen molar-refractivity contribution in [3.8, 4) is 5.75 Å². The number of carbonyl (C=O) groups is 1. The highest BCUT2D eigenvalue weighted by Crippen LogP contribution is 2.26. The number of nitrogens with one attached hydrogen (secondary N) is 1. The summed E-state index contributed by atoms with van der Waals surface area (Å²) in [6.07, 6.45) is 0. The molecular weight excluding hydrogens is 190 g/mol. The van der Waals surface area contributed by atoms with Crippen LogP contribution in [0.3, 0.4) is 0 Å². The Bertz CT molecular complexity index is 305. The molecule has 3 nitrogen and oxygen atoms in total. The Morgan fingerprint density at radius 3 is 2.85 bits per heavy atom. The smallest absolute Gasteiger partial charge is 0.239 e. The Labute approximate surface area is 81.3 Å². The van der Waals surface area contributed by atoms with Gasteiger partial charge in [0, 0.05) is 0 Å². The van der Waals surface area contributed by atoms with Crippen molar-refractivity contribution < 1.29 is 9.90 Å². The molecule has 1 rings (SSSR count). The van der Waals surface area contributed by atoms with Gasteiger partial charge in [0.05, 0.1) is 5.69 Å². The van der Waals surface area contributed by atoms with Crippen molar-refractivity contribution in [3.63, 3.8) is 0 Å². The molecule has 0 aliphatic carbocycles. The number of para-hydroxylation sites is 1. The molecule has 0 aliphatic heterocycles. The van der Waals surface area contributed by atoms with Crippen LogP contribution in [-0.2, 0) is 4.79 Å². The van der Waals surface area contributed by atoms with Crippen molar-refractivity contribution in [2.45, 2.75) is 6.92 Å². The van der Waals surface area contributed by atoms with Gasteiger partial charge in [-0.05, 0) is 18.6 Å². The standard InChI is InChI=1S/C9H10ClNO2/c1-6-3-2-4-7(12)9(6)11-8(13)5-10/h2-4,12H,5H2,1H3,(H,11,13). The molecule has 0 saturated carbocycles. The Kier molecular flexibility index (Phi) is 3.14. The summed E-state index contributed by atoms with van der Waals surface area (Å²) in [7, 11) is 0. The number of amides is 1. The molecule has 0 fully saturated rings. The number of rotatable bonds is 2. The van der Waals surface area contributed by atoms with Crippen LogP contribution in [0.5, 0.6) is 5.75 Å². The number of hydrogen-bond donors (Lipinski definition) is 2. The Morgan fingerprint density at radius 2 is 2.31 bits per heavy atom. The van der Waals surface area contributed by atoms with Crippen LogP contribution in [0, 0.1) is 6.92 Å². The number of alkyl halides is 1. The number of aromatic hydroxyl groups is 1. The maximum absolute atomic E-state index is 10.9. The predicted molar refractivity (Wildman–Crippen MR) is 52.2 cm³/mol. The van der Waals surface area contributed by atoms with Crippen LogP contribution in [0.1, 0.15) is 5.56 Å². The molecule has 13 heavy (non-hydrogen) atoms. The average molecular weight is 200 g/mol. The van der Waals surface area contributed by atoms with Gasteiger partial charge >= 0.3 is 0 Å². The third kappa shape index (κ3) is 2.36. The molecule has 0 unspecified atom stereocenters. The second-order valence-corrected chi connectivity index (χ2v) is 2.92. The second kappa shape index (κ2) is 4.14. The summed E-state index contributed by atoms with van der Waals surface area (Å²) in [5.41, 5.74) is 1.23. The van der Waals surface area contributed by atoms with E-state index in [9.17, 15) is 9.90 Å². The molecule has 0 spiro atoms. The number of halogens is 1. The van der Waals surface area contributed by atoms with Crippen LogP contribution in [0.4, 0.5) is 5.69 Å². The number of anilines is 1. The van der Waals surface area contributed by atoms with Gasteiger partial charge in [0.15, 0.2) is 0 Å². The molecule has 1 aromatic rings. The van der Waals surface area contributed by atoms with Crippen LogP contribution < -0.4 is 5.32 Å². The molecule has 2 N–H and O–H groups in total. The lowest BCUT2D eigenvalue weighted by atomic mass is 10.2. The van der Waals surface area contributed by atoms with E-state index >= 15 is 0 Å². The lowest BCUT2D eigenvalue weighted by Crippen LogP contribution is -2.13. The number of aryl methyl sites for hydroxylation is 1. The van der Waals surface area contributed by atoms with Crippen molar-refractivity contribution >= 4 is 23.2 Å². The largest absolute Gasteiger partial charge is 0.506 e. The lowest BCUT2D eigenvalue weighted by Gasteiger charge is -2.08. The molecule has 1 aromatic carbocycles. The fraction of sp³-hybridized carbons (Fsp3) is 0.222. The number of carbonyl (C=O) groups excluding carboxylic acids is 1. The Hall–Kier alpha value is -1.22. The van der Waals surface area contributed by atoms with E-state index in [1.54, 1.807) is 19.1 Å². The van der Waals surface area contributed by atoms with Gasteiger partial charge in [-0.25, -0.2) is 0 Å². The van der Waals surface area contributed by atoms with Gasteiger partial charge in [-0.15, -0.1) is 11.6 Å². The average Bonchev–Trinajstić information content (AvgIpc) is 2.11. The van der Waals surface area contributed by atoms with Crippen LogP contribution >= 0.6 is 11.6 Å². The van der Waals surface area contributed by atoms with Crippen molar-refractivity contribution in [2.24, 2.45) is 0 Å². The zero-order valence-corrected chi connectivity index (χ0v) is 7.93. The first-order chi connectivity index (χ1) is 6.15. The van der Waals surface area contributed by atoms with Gasteiger partial charge in [0.1, 0.15) is 11.6 Å². The van der Waals surface area contributed by atoms with E-state index in [-0.39, 0.29) is 17.5 Å². The third-order valence-electron chi connectivity index (χ3n) is 1.64. The first-order valence-corrected chi connectivity index (χ1v) is 4.33. The van der Waals surface area contributed by atoms with Gasteiger partial charge in [0.2, 0.25) is 5.91 Å². The van der Waals surface area contributed by atoms with Crippen molar-refractivity contribution in [1.82, 2.24) is 0 Å². The van der Waals surface area contributed by atoms with Gasteiger partial charge in [-0.2, -0.15) is 0 Å². The maximum Gasteiger partial charge on any atom is 0.239 e. The summed E-state index contributed by atoms with van der Waals surface area (Å²) in [6.45, 7) is 1.80. The second-order valence-electron chi connectivity index (χ2n) is 2.65. The summed E-state index contributed by atoms with van der Waals surface area (Å²) < 4.78 is 0. The molecule has 0 radical (unpaired) electrons. The first kappa shape index (κ1) is 9.86. The van der Waals surface area contributed by atoms with Crippen LogP contribution in [0.15, 0.2) is 18.2 Å². The minimum Gasteiger partial charge on any atom is -0.506 e. The number of hydrogen-bond acceptors (Lipinski definition) is 2. The van der Waals surface area contributed by atoms with E-state index in [0.29, 0.717) is 5.69 Å². The summed E-state index contributed by atoms with van der Waals surface area (Å²) in [5.74, 6) is -0.391. The van der Waals surface area contributed by atoms with E-state index < -0.39 is 0 Å². The molecule has 0 heterocycles. The molecule has 0 aromatic heterocycles. The summed E-state index contributed by atoms with van der Waals surface area (Å²) in [6, 6.07) is 5.02. The lowest BCUT2D eigenvalue weighted by molar-refractivity contribution is -0.113. The number of benzene rings is 1. The molecule has 70 valence electrons. The molecule has 0 saturated heterocycles. The first-order valence-electron chi connectivity index (χ1n) is 3.79. The monoisotopic (exact) mass is 199 g/mol. The van der Waals surface area contributed by atoms with E-state index in [0.717, 1.165) is 5.56 Å². The van der Waals surface area contributed by atoms with Gasteiger partial charge in [-0.1, -0.05) is 12.1 Å². The fourth-order valence-corrected chi connectivity index (χ4v) is 1.05. The van der Waals surface area contributed by atoms with Crippen LogP contribution in [-0.4, -0.2) is 16.9 Å². The normalized spacial score (nSPS) is 9.69. The number of phenols is 1. The maximum atomic E-state index is 10.9. The third-order valence-corrected chi connectivity index (χ3v) is 1.88. The minimum absolute atomic E-state index is 0.0541. The molecule has 4 heteroatoms. The highest BCUT2D eigenvalue weighted by Gasteiger charge is 2.06.